The molecule has 0 saturated carbocycles. The fourth-order valence-electron chi connectivity index (χ4n) is 2.68. The van der Waals surface area contributed by atoms with Crippen LogP contribution < -0.4 is 39.0 Å². The van der Waals surface area contributed by atoms with Gasteiger partial charge in [-0.15, -0.1) is 0 Å². The molecule has 0 fully saturated rings. The predicted octanol–water partition coefficient (Wildman–Crippen LogP) is 2.71. The van der Waals surface area contributed by atoms with Gasteiger partial charge in [-0.1, -0.05) is 53.7 Å². The Morgan fingerprint density at radius 1 is 1.18 bits per heavy atom. The van der Waals surface area contributed by atoms with Gasteiger partial charge in [0.2, 0.25) is 0 Å². The number of hydrogen-bond acceptors (Lipinski definition) is 7. The van der Waals surface area contributed by atoms with Crippen molar-refractivity contribution in [3.63, 3.8) is 0 Å². The molecule has 1 rings (SSSR count). The Balaban J connectivity index is 0.0000102. The summed E-state index contributed by atoms with van der Waals surface area (Å²) < 4.78 is 34.1. The molecule has 180 valence electrons. The average molecular weight is 490 g/mol. The van der Waals surface area contributed by atoms with E-state index in [-0.39, 0.29) is 65.3 Å². The van der Waals surface area contributed by atoms with Gasteiger partial charge in [0.25, 0.3) is 0 Å². The number of phosphoric ester groups is 1. The van der Waals surface area contributed by atoms with E-state index in [0.29, 0.717) is 24.5 Å². The van der Waals surface area contributed by atoms with Crippen molar-refractivity contribution in [2.45, 2.75) is 67.9 Å². The molecule has 0 bridgehead atoms. The van der Waals surface area contributed by atoms with Crippen molar-refractivity contribution in [3.8, 4) is 11.8 Å². The Kier molecular flexibility index (Phi) is 13.5. The number of nitriles is 1. The zero-order valence-corrected chi connectivity index (χ0v) is 24.5. The van der Waals surface area contributed by atoms with Crippen LogP contribution in [0, 0.1) is 22.2 Å². The maximum Gasteiger partial charge on any atom is 1.00 e. The van der Waals surface area contributed by atoms with Crippen molar-refractivity contribution in [3.05, 3.63) is 35.4 Å². The van der Waals surface area contributed by atoms with Gasteiger partial charge < -0.3 is 23.4 Å². The van der Waals surface area contributed by atoms with Crippen molar-refractivity contribution in [1.82, 2.24) is 0 Å². The topological polar surface area (TPSA) is 101 Å². The minimum atomic E-state index is -4.60. The van der Waals surface area contributed by atoms with Gasteiger partial charge in [0.1, 0.15) is 11.5 Å². The van der Waals surface area contributed by atoms with E-state index in [4.69, 9.17) is 23.8 Å². The smallest absolute Gasteiger partial charge is 0.746 e. The fraction of sp³-hybridized carbons (Fsp3) is 0.625. The van der Waals surface area contributed by atoms with E-state index < -0.39 is 7.82 Å². The quantitative estimate of drug-likeness (QED) is 0.204. The van der Waals surface area contributed by atoms with Gasteiger partial charge in [-0.25, -0.2) is 0 Å². The first-order valence-electron chi connectivity index (χ1n) is 10.8. The number of rotatable bonds is 11. The van der Waals surface area contributed by atoms with E-state index in [1.807, 2.05) is 26.0 Å². The van der Waals surface area contributed by atoms with Crippen LogP contribution in [0.25, 0.3) is 5.76 Å². The summed E-state index contributed by atoms with van der Waals surface area (Å²) in [5.74, 6) is 0.740. The first kappa shape index (κ1) is 32.2. The Morgan fingerprint density at radius 3 is 2.33 bits per heavy atom. The van der Waals surface area contributed by atoms with Crippen molar-refractivity contribution >= 4 is 13.6 Å². The molecular weight excluding hydrogens is 452 g/mol. The Bertz CT molecular complexity index is 865. The molecule has 0 radical (unpaired) electrons. The van der Waals surface area contributed by atoms with Gasteiger partial charge in [0.15, 0.2) is 0 Å². The molecule has 0 aliphatic heterocycles. The SMILES string of the molecule is CC(C)OC(=C(COCC(C)(C)C)C(C)(C)C)c1cccc(OP(=O)([O-])OCCC#N)c1.[Na+]. The molecule has 0 amide bonds. The molecule has 0 aliphatic rings. The predicted molar refractivity (Wildman–Crippen MR) is 124 cm³/mol. The number of benzene rings is 1. The van der Waals surface area contributed by atoms with Gasteiger partial charge in [0.05, 0.1) is 38.4 Å². The molecule has 1 aromatic carbocycles. The zero-order valence-electron chi connectivity index (χ0n) is 21.6. The van der Waals surface area contributed by atoms with Crippen LogP contribution in [0.2, 0.25) is 0 Å². The standard InChI is InChI=1S/C24H38NO6P.Na/c1-18(2)30-22(21(24(6,7)8)16-28-17-23(3,4)5)19-11-9-12-20(15-19)31-32(26,27)29-14-10-13-25;/h9,11-12,15,18H,10,14,16-17H2,1-8H3,(H,26,27);/q;+1/p-1. The average Bonchev–Trinajstić information content (AvgIpc) is 2.61. The van der Waals surface area contributed by atoms with E-state index >= 15 is 0 Å². The molecule has 0 aromatic heterocycles. The molecular formula is C24H37NNaO6P. The normalized spacial score (nSPS) is 14.6. The van der Waals surface area contributed by atoms with Crippen molar-refractivity contribution < 1.29 is 57.5 Å². The summed E-state index contributed by atoms with van der Waals surface area (Å²) in [7, 11) is -4.60. The molecule has 9 heteroatoms. The van der Waals surface area contributed by atoms with E-state index in [1.165, 1.54) is 6.07 Å². The maximum absolute atomic E-state index is 12.1. The number of phosphoric acid groups is 1. The van der Waals surface area contributed by atoms with Crippen LogP contribution in [0.5, 0.6) is 5.75 Å². The van der Waals surface area contributed by atoms with Crippen molar-refractivity contribution in [1.29, 1.82) is 5.26 Å². The Hall–Kier alpha value is -0.840. The molecule has 1 aromatic rings. The molecule has 0 aliphatic carbocycles. The number of nitrogens with zero attached hydrogens (tertiary/aromatic N) is 1. The van der Waals surface area contributed by atoms with Crippen LogP contribution in [-0.4, -0.2) is 25.9 Å². The van der Waals surface area contributed by atoms with Gasteiger partial charge in [-0.05, 0) is 36.8 Å². The zero-order chi connectivity index (χ0) is 24.6. The summed E-state index contributed by atoms with van der Waals surface area (Å²) in [4.78, 5) is 12.1. The van der Waals surface area contributed by atoms with Crippen LogP contribution in [0.4, 0.5) is 0 Å². The van der Waals surface area contributed by atoms with Crippen LogP contribution in [-0.2, 0) is 18.6 Å². The molecule has 0 spiro atoms. The van der Waals surface area contributed by atoms with Gasteiger partial charge >= 0.3 is 37.4 Å². The van der Waals surface area contributed by atoms with Gasteiger partial charge in [0, 0.05) is 11.1 Å². The summed E-state index contributed by atoms with van der Waals surface area (Å²) in [6.45, 7) is 17.2. The first-order chi connectivity index (χ1) is 14.6. The summed E-state index contributed by atoms with van der Waals surface area (Å²) in [5, 5.41) is 8.55. The second kappa shape index (κ2) is 13.9. The Morgan fingerprint density at radius 2 is 1.82 bits per heavy atom. The number of hydrogen-bond donors (Lipinski definition) is 0. The van der Waals surface area contributed by atoms with Crippen molar-refractivity contribution in [2.75, 3.05) is 19.8 Å². The van der Waals surface area contributed by atoms with E-state index in [1.54, 1.807) is 12.1 Å². The molecule has 1 unspecified atom stereocenters. The minimum Gasteiger partial charge on any atom is -0.746 e. The van der Waals surface area contributed by atoms with Crippen LogP contribution >= 0.6 is 7.82 Å². The summed E-state index contributed by atoms with van der Waals surface area (Å²) in [6.07, 6.45) is -0.150. The summed E-state index contributed by atoms with van der Waals surface area (Å²) in [5.41, 5.74) is 1.41. The first-order valence-corrected chi connectivity index (χ1v) is 12.2. The third-order valence-electron chi connectivity index (χ3n) is 4.09. The molecule has 1 atom stereocenters. The van der Waals surface area contributed by atoms with Gasteiger partial charge in [-0.3, -0.25) is 4.57 Å². The second-order valence-corrected chi connectivity index (χ2v) is 11.4. The fourth-order valence-corrected chi connectivity index (χ4v) is 3.42. The monoisotopic (exact) mass is 489 g/mol. The largest absolute Gasteiger partial charge is 1.00 e. The van der Waals surface area contributed by atoms with Crippen LogP contribution in [0.1, 0.15) is 67.4 Å². The second-order valence-electron chi connectivity index (χ2n) is 10.1. The molecule has 0 saturated heterocycles. The van der Waals surface area contributed by atoms with E-state index in [9.17, 15) is 9.46 Å². The minimum absolute atomic E-state index is 0. The van der Waals surface area contributed by atoms with Crippen LogP contribution in [0.15, 0.2) is 29.8 Å². The summed E-state index contributed by atoms with van der Waals surface area (Å²) in [6, 6.07) is 8.49. The van der Waals surface area contributed by atoms with E-state index in [0.717, 1.165) is 5.57 Å². The third-order valence-corrected chi connectivity index (χ3v) is 5.02. The van der Waals surface area contributed by atoms with Gasteiger partial charge in [-0.2, -0.15) is 5.26 Å². The third kappa shape index (κ3) is 13.0. The Labute approximate surface area is 221 Å². The van der Waals surface area contributed by atoms with Crippen LogP contribution in [0.3, 0.4) is 0 Å². The number of ether oxygens (including phenoxy) is 2. The van der Waals surface area contributed by atoms with Crippen molar-refractivity contribution in [2.24, 2.45) is 10.8 Å². The molecule has 33 heavy (non-hydrogen) atoms. The maximum atomic E-state index is 12.1. The molecule has 0 N–H and O–H groups in total. The summed E-state index contributed by atoms with van der Waals surface area (Å²) >= 11 is 0. The van der Waals surface area contributed by atoms with E-state index in [2.05, 4.69) is 41.5 Å². The molecule has 0 heterocycles. The molecule has 7 nitrogen and oxygen atoms in total.